The summed E-state index contributed by atoms with van der Waals surface area (Å²) in [7, 11) is 0. The zero-order chi connectivity index (χ0) is 9.19. The van der Waals surface area contributed by atoms with Gasteiger partial charge in [0.05, 0.1) is 6.61 Å². The van der Waals surface area contributed by atoms with Gasteiger partial charge in [-0.3, -0.25) is 4.79 Å². The lowest BCUT2D eigenvalue weighted by Crippen LogP contribution is -2.29. The van der Waals surface area contributed by atoms with Crippen molar-refractivity contribution in [3.8, 4) is 0 Å². The van der Waals surface area contributed by atoms with E-state index in [9.17, 15) is 9.18 Å². The second-order valence-electron chi connectivity index (χ2n) is 3.36. The number of allylic oxidation sites excluding steroid dienone is 2. The van der Waals surface area contributed by atoms with Crippen LogP contribution in [0.5, 0.6) is 0 Å². The van der Waals surface area contributed by atoms with Gasteiger partial charge in [0.1, 0.15) is 0 Å². The Labute approximate surface area is 71.4 Å². The van der Waals surface area contributed by atoms with Crippen molar-refractivity contribution >= 4 is 5.78 Å². The van der Waals surface area contributed by atoms with Gasteiger partial charge in [0, 0.05) is 0 Å². The van der Waals surface area contributed by atoms with Crippen LogP contribution in [-0.2, 0) is 9.53 Å². The fourth-order valence-electron chi connectivity index (χ4n) is 1.01. The predicted molar refractivity (Wildman–Crippen MR) is 43.5 cm³/mol. The number of halogens is 1. The summed E-state index contributed by atoms with van der Waals surface area (Å²) in [6.07, 6.45) is 3.37. The molecule has 12 heavy (non-hydrogen) atoms. The molecule has 0 radical (unpaired) electrons. The second-order valence-corrected chi connectivity index (χ2v) is 3.36. The van der Waals surface area contributed by atoms with Crippen LogP contribution in [-0.4, -0.2) is 18.1 Å². The van der Waals surface area contributed by atoms with Crippen LogP contribution in [0.15, 0.2) is 11.8 Å². The molecule has 0 unspecified atom stereocenters. The normalized spacial score (nSPS) is 18.1. The van der Waals surface area contributed by atoms with Crippen LogP contribution in [0.3, 0.4) is 0 Å². The molecule has 1 rings (SSSR count). The SMILES string of the molecule is CC(C)(F)C(=O)C1=CCCCO1. The molecule has 0 aromatic rings. The number of hydrogen-bond acceptors (Lipinski definition) is 2. The van der Waals surface area contributed by atoms with E-state index in [2.05, 4.69) is 0 Å². The fraction of sp³-hybridized carbons (Fsp3) is 0.667. The summed E-state index contributed by atoms with van der Waals surface area (Å²) >= 11 is 0. The highest BCUT2D eigenvalue weighted by Gasteiger charge is 2.31. The highest BCUT2D eigenvalue weighted by atomic mass is 19.1. The highest BCUT2D eigenvalue weighted by Crippen LogP contribution is 2.19. The Morgan fingerprint density at radius 3 is 2.75 bits per heavy atom. The molecular formula is C9H13FO2. The Kier molecular flexibility index (Phi) is 2.50. The number of carbonyl (C=O) groups is 1. The molecular weight excluding hydrogens is 159 g/mol. The molecule has 0 bridgehead atoms. The van der Waals surface area contributed by atoms with Gasteiger partial charge in [0.25, 0.3) is 0 Å². The van der Waals surface area contributed by atoms with Crippen molar-refractivity contribution < 1.29 is 13.9 Å². The molecule has 1 aliphatic rings. The standard InChI is InChI=1S/C9H13FO2/c1-9(2,10)8(11)7-5-3-4-6-12-7/h5H,3-4,6H2,1-2H3. The van der Waals surface area contributed by atoms with Gasteiger partial charge < -0.3 is 4.74 Å². The topological polar surface area (TPSA) is 26.3 Å². The van der Waals surface area contributed by atoms with Crippen LogP contribution in [0, 0.1) is 0 Å². The average molecular weight is 172 g/mol. The summed E-state index contributed by atoms with van der Waals surface area (Å²) in [6, 6.07) is 0. The van der Waals surface area contributed by atoms with Gasteiger partial charge >= 0.3 is 0 Å². The van der Waals surface area contributed by atoms with Gasteiger partial charge in [-0.2, -0.15) is 0 Å². The van der Waals surface area contributed by atoms with E-state index in [0.717, 1.165) is 12.8 Å². The number of ether oxygens (including phenoxy) is 1. The van der Waals surface area contributed by atoms with Crippen LogP contribution in [0.2, 0.25) is 0 Å². The Morgan fingerprint density at radius 1 is 1.67 bits per heavy atom. The lowest BCUT2D eigenvalue weighted by Gasteiger charge is -2.18. The van der Waals surface area contributed by atoms with Gasteiger partial charge in [0.15, 0.2) is 11.4 Å². The summed E-state index contributed by atoms with van der Waals surface area (Å²) in [6.45, 7) is 3.01. The number of hydrogen-bond donors (Lipinski definition) is 0. The van der Waals surface area contributed by atoms with Gasteiger partial charge in [-0.05, 0) is 32.8 Å². The summed E-state index contributed by atoms with van der Waals surface area (Å²) in [5.41, 5.74) is -1.82. The number of rotatable bonds is 2. The van der Waals surface area contributed by atoms with E-state index >= 15 is 0 Å². The molecule has 0 saturated carbocycles. The minimum Gasteiger partial charge on any atom is -0.490 e. The van der Waals surface area contributed by atoms with Crippen LogP contribution >= 0.6 is 0 Å². The summed E-state index contributed by atoms with van der Waals surface area (Å²) in [5.74, 6) is -0.365. The fourth-order valence-corrected chi connectivity index (χ4v) is 1.01. The zero-order valence-electron chi connectivity index (χ0n) is 7.39. The Morgan fingerprint density at radius 2 is 2.33 bits per heavy atom. The molecule has 1 heterocycles. The third-order valence-corrected chi connectivity index (χ3v) is 1.70. The molecule has 1 aliphatic heterocycles. The quantitative estimate of drug-likeness (QED) is 0.636. The van der Waals surface area contributed by atoms with E-state index in [1.165, 1.54) is 13.8 Å². The summed E-state index contributed by atoms with van der Waals surface area (Å²) in [4.78, 5) is 11.3. The first-order valence-corrected chi connectivity index (χ1v) is 4.08. The first-order valence-electron chi connectivity index (χ1n) is 4.08. The lowest BCUT2D eigenvalue weighted by atomic mass is 10.0. The summed E-state index contributed by atoms with van der Waals surface area (Å²) in [5, 5.41) is 0. The number of carbonyl (C=O) groups excluding carboxylic acids is 1. The van der Waals surface area contributed by atoms with Crippen molar-refractivity contribution in [2.75, 3.05) is 6.61 Å². The molecule has 0 N–H and O–H groups in total. The second kappa shape index (κ2) is 3.25. The molecule has 0 spiro atoms. The van der Waals surface area contributed by atoms with Crippen LogP contribution in [0.1, 0.15) is 26.7 Å². The van der Waals surface area contributed by atoms with E-state index in [1.807, 2.05) is 0 Å². The van der Waals surface area contributed by atoms with E-state index in [1.54, 1.807) is 6.08 Å². The zero-order valence-corrected chi connectivity index (χ0v) is 7.39. The van der Waals surface area contributed by atoms with Gasteiger partial charge in [0.2, 0.25) is 5.78 Å². The molecule has 0 fully saturated rings. The molecule has 0 amide bonds. The number of ketones is 1. The van der Waals surface area contributed by atoms with Crippen molar-refractivity contribution in [3.05, 3.63) is 11.8 Å². The Balaban J connectivity index is 2.70. The third kappa shape index (κ3) is 2.06. The number of Topliss-reactive ketones (excluding diaryl/α,β-unsaturated/α-hetero) is 1. The summed E-state index contributed by atoms with van der Waals surface area (Å²) < 4.78 is 18.1. The molecule has 2 nitrogen and oxygen atoms in total. The largest absolute Gasteiger partial charge is 0.490 e. The van der Waals surface area contributed by atoms with Crippen molar-refractivity contribution in [2.24, 2.45) is 0 Å². The van der Waals surface area contributed by atoms with Crippen molar-refractivity contribution in [1.29, 1.82) is 0 Å². The maximum absolute atomic E-state index is 13.1. The van der Waals surface area contributed by atoms with Gasteiger partial charge in [-0.25, -0.2) is 4.39 Å². The van der Waals surface area contributed by atoms with Crippen LogP contribution < -0.4 is 0 Å². The molecule has 3 heteroatoms. The van der Waals surface area contributed by atoms with E-state index in [4.69, 9.17) is 4.74 Å². The van der Waals surface area contributed by atoms with Gasteiger partial charge in [-0.1, -0.05) is 0 Å². The molecule has 0 saturated heterocycles. The van der Waals surface area contributed by atoms with Crippen molar-refractivity contribution in [1.82, 2.24) is 0 Å². The van der Waals surface area contributed by atoms with Crippen molar-refractivity contribution in [2.45, 2.75) is 32.4 Å². The van der Waals surface area contributed by atoms with Crippen LogP contribution in [0.25, 0.3) is 0 Å². The first-order chi connectivity index (χ1) is 5.52. The number of alkyl halides is 1. The smallest absolute Gasteiger partial charge is 0.233 e. The predicted octanol–water partition coefficient (Wildman–Crippen LogP) is 2.00. The third-order valence-electron chi connectivity index (χ3n) is 1.70. The molecule has 68 valence electrons. The van der Waals surface area contributed by atoms with E-state index in [0.29, 0.717) is 6.61 Å². The monoisotopic (exact) mass is 172 g/mol. The van der Waals surface area contributed by atoms with E-state index in [-0.39, 0.29) is 5.76 Å². The van der Waals surface area contributed by atoms with E-state index < -0.39 is 11.5 Å². The minimum atomic E-state index is -1.82. The first kappa shape index (κ1) is 9.23. The molecule has 0 aromatic heterocycles. The molecule has 0 aliphatic carbocycles. The van der Waals surface area contributed by atoms with Gasteiger partial charge in [-0.15, -0.1) is 0 Å². The maximum atomic E-state index is 13.1. The van der Waals surface area contributed by atoms with Crippen LogP contribution in [0.4, 0.5) is 4.39 Å². The Bertz CT molecular complexity index is 213. The minimum absolute atomic E-state index is 0.189. The Hall–Kier alpha value is -0.860. The molecule has 0 aromatic carbocycles. The maximum Gasteiger partial charge on any atom is 0.233 e. The van der Waals surface area contributed by atoms with Crippen molar-refractivity contribution in [3.63, 3.8) is 0 Å². The highest BCUT2D eigenvalue weighted by molar-refractivity contribution is 5.99. The average Bonchev–Trinajstić information content (AvgIpc) is 2.03. The molecule has 0 atom stereocenters. The lowest BCUT2D eigenvalue weighted by molar-refractivity contribution is -0.128.